The minimum absolute atomic E-state index is 0.0271. The number of quaternary nitrogens is 2. The molecule has 2 aromatic rings. The first-order chi connectivity index (χ1) is 12.1. The smallest absolute Gasteiger partial charge is 0.279 e. The van der Waals surface area contributed by atoms with Crippen LogP contribution in [0.5, 0.6) is 0 Å². The molecule has 132 valence electrons. The number of amides is 1. The third-order valence-corrected chi connectivity index (χ3v) is 4.82. The molecule has 1 saturated heterocycles. The molecule has 1 amide bonds. The van der Waals surface area contributed by atoms with Gasteiger partial charge in [0.15, 0.2) is 6.54 Å². The van der Waals surface area contributed by atoms with Crippen molar-refractivity contribution < 1.29 is 19.0 Å². The van der Waals surface area contributed by atoms with Crippen LogP contribution < -0.4 is 15.1 Å². The van der Waals surface area contributed by atoms with Crippen LogP contribution in [0, 0.1) is 5.82 Å². The molecular formula is C19H23ClFN3O+2. The molecule has 2 aromatic carbocycles. The maximum Gasteiger partial charge on any atom is 0.279 e. The normalized spacial score (nSPS) is 20.2. The zero-order chi connectivity index (χ0) is 17.6. The van der Waals surface area contributed by atoms with Gasteiger partial charge in [0.05, 0.1) is 0 Å². The molecule has 6 heteroatoms. The van der Waals surface area contributed by atoms with E-state index < -0.39 is 0 Å². The molecule has 0 aromatic heterocycles. The van der Waals surface area contributed by atoms with Crippen molar-refractivity contribution in [3.63, 3.8) is 0 Å². The van der Waals surface area contributed by atoms with Crippen LogP contribution in [0.15, 0.2) is 48.5 Å². The highest BCUT2D eigenvalue weighted by Gasteiger charge is 2.24. The number of carbonyl (C=O) groups excluding carboxylic acids is 1. The van der Waals surface area contributed by atoms with Crippen molar-refractivity contribution in [2.75, 3.05) is 38.0 Å². The van der Waals surface area contributed by atoms with Gasteiger partial charge in [-0.2, -0.15) is 0 Å². The van der Waals surface area contributed by atoms with Gasteiger partial charge >= 0.3 is 0 Å². The van der Waals surface area contributed by atoms with Crippen LogP contribution in [0.4, 0.5) is 10.1 Å². The lowest BCUT2D eigenvalue weighted by molar-refractivity contribution is -1.02. The number of hydrogen-bond acceptors (Lipinski definition) is 1. The van der Waals surface area contributed by atoms with Gasteiger partial charge in [-0.15, -0.1) is 0 Å². The lowest BCUT2D eigenvalue weighted by atomic mass is 10.2. The number of halogens is 2. The average molecular weight is 364 g/mol. The van der Waals surface area contributed by atoms with Gasteiger partial charge in [0.2, 0.25) is 0 Å². The molecule has 0 atom stereocenters. The first-order valence-corrected chi connectivity index (χ1v) is 8.93. The van der Waals surface area contributed by atoms with Crippen LogP contribution in [0.2, 0.25) is 5.02 Å². The van der Waals surface area contributed by atoms with Gasteiger partial charge in [-0.25, -0.2) is 4.39 Å². The van der Waals surface area contributed by atoms with Crippen molar-refractivity contribution in [1.29, 1.82) is 0 Å². The highest BCUT2D eigenvalue weighted by atomic mass is 35.5. The van der Waals surface area contributed by atoms with Crippen LogP contribution in [-0.4, -0.2) is 38.6 Å². The largest absolute Gasteiger partial charge is 0.322 e. The number of carbonyl (C=O) groups is 1. The summed E-state index contributed by atoms with van der Waals surface area (Å²) in [7, 11) is 0. The predicted molar refractivity (Wildman–Crippen MR) is 96.4 cm³/mol. The number of benzene rings is 2. The lowest BCUT2D eigenvalue weighted by Gasteiger charge is -2.29. The first-order valence-electron chi connectivity index (χ1n) is 8.55. The zero-order valence-electron chi connectivity index (χ0n) is 14.0. The fourth-order valence-electron chi connectivity index (χ4n) is 3.17. The number of nitrogens with one attached hydrogen (secondary N) is 3. The predicted octanol–water partition coefficient (Wildman–Crippen LogP) is 0.401. The van der Waals surface area contributed by atoms with E-state index in [-0.39, 0.29) is 11.7 Å². The van der Waals surface area contributed by atoms with Crippen molar-refractivity contribution in [2.24, 2.45) is 0 Å². The summed E-state index contributed by atoms with van der Waals surface area (Å²) in [5.74, 6) is -0.168. The third-order valence-electron chi connectivity index (χ3n) is 4.57. The van der Waals surface area contributed by atoms with Gasteiger partial charge in [-0.05, 0) is 36.4 Å². The Morgan fingerprint density at radius 3 is 2.20 bits per heavy atom. The summed E-state index contributed by atoms with van der Waals surface area (Å²) in [6, 6.07) is 13.9. The van der Waals surface area contributed by atoms with Gasteiger partial charge < -0.3 is 15.1 Å². The van der Waals surface area contributed by atoms with E-state index in [0.717, 1.165) is 44.0 Å². The number of rotatable bonds is 5. The molecule has 25 heavy (non-hydrogen) atoms. The van der Waals surface area contributed by atoms with Gasteiger partial charge in [0.25, 0.3) is 5.91 Å². The van der Waals surface area contributed by atoms with E-state index in [2.05, 4.69) is 5.32 Å². The Hall–Kier alpha value is -1.95. The van der Waals surface area contributed by atoms with Gasteiger partial charge in [-0.3, -0.25) is 4.79 Å². The standard InChI is InChI=1S/C19H21ClFN3O/c20-16-3-7-18(8-4-16)22-19(25)14-24-11-9-23(10-12-24)13-15-1-5-17(21)6-2-15/h1-8H,9-14H2,(H,22,25)/p+2. The summed E-state index contributed by atoms with van der Waals surface area (Å²) < 4.78 is 13.0. The van der Waals surface area contributed by atoms with E-state index in [1.807, 2.05) is 12.1 Å². The molecule has 1 aliphatic heterocycles. The van der Waals surface area contributed by atoms with Gasteiger partial charge in [-0.1, -0.05) is 23.7 Å². The van der Waals surface area contributed by atoms with E-state index in [1.165, 1.54) is 21.9 Å². The molecule has 0 radical (unpaired) electrons. The summed E-state index contributed by atoms with van der Waals surface area (Å²) in [6.45, 7) is 5.34. The van der Waals surface area contributed by atoms with Crippen molar-refractivity contribution in [2.45, 2.75) is 6.54 Å². The summed E-state index contributed by atoms with van der Waals surface area (Å²) in [6.07, 6.45) is 0. The average Bonchev–Trinajstić information content (AvgIpc) is 2.61. The Balaban J connectivity index is 1.42. The molecule has 1 heterocycles. The summed E-state index contributed by atoms with van der Waals surface area (Å²) >= 11 is 5.85. The zero-order valence-corrected chi connectivity index (χ0v) is 14.8. The third kappa shape index (κ3) is 5.53. The molecule has 3 rings (SSSR count). The first kappa shape index (κ1) is 17.9. The highest BCUT2D eigenvalue weighted by molar-refractivity contribution is 6.30. The quantitative estimate of drug-likeness (QED) is 0.707. The van der Waals surface area contributed by atoms with Crippen LogP contribution in [0.1, 0.15) is 5.56 Å². The monoisotopic (exact) mass is 363 g/mol. The highest BCUT2D eigenvalue weighted by Crippen LogP contribution is 2.12. The number of anilines is 1. The maximum atomic E-state index is 13.0. The minimum atomic E-state index is -0.195. The molecule has 0 saturated carbocycles. The SMILES string of the molecule is O=C(C[NH+]1CC[NH+](Cc2ccc(F)cc2)CC1)Nc1ccc(Cl)cc1. The molecule has 1 aliphatic rings. The second-order valence-corrected chi connectivity index (χ2v) is 6.97. The van der Waals surface area contributed by atoms with E-state index >= 15 is 0 Å². The van der Waals surface area contributed by atoms with Crippen LogP contribution in [0.3, 0.4) is 0 Å². The Morgan fingerprint density at radius 1 is 0.960 bits per heavy atom. The lowest BCUT2D eigenvalue weighted by Crippen LogP contribution is -3.28. The van der Waals surface area contributed by atoms with Crippen molar-refractivity contribution in [3.05, 3.63) is 64.9 Å². The second kappa shape index (κ2) is 8.43. The van der Waals surface area contributed by atoms with Gasteiger partial charge in [0, 0.05) is 16.3 Å². The van der Waals surface area contributed by atoms with E-state index in [4.69, 9.17) is 11.6 Å². The molecule has 4 nitrogen and oxygen atoms in total. The maximum absolute atomic E-state index is 13.0. The molecule has 3 N–H and O–H groups in total. The van der Waals surface area contributed by atoms with Crippen LogP contribution >= 0.6 is 11.6 Å². The van der Waals surface area contributed by atoms with Gasteiger partial charge in [0.1, 0.15) is 38.5 Å². The molecule has 0 spiro atoms. The van der Waals surface area contributed by atoms with Crippen LogP contribution in [-0.2, 0) is 11.3 Å². The van der Waals surface area contributed by atoms with E-state index in [1.54, 1.807) is 24.3 Å². The van der Waals surface area contributed by atoms with Crippen molar-refractivity contribution in [3.8, 4) is 0 Å². The van der Waals surface area contributed by atoms with Crippen LogP contribution in [0.25, 0.3) is 0 Å². The molecule has 1 fully saturated rings. The Kier molecular flexibility index (Phi) is 6.02. The fourth-order valence-corrected chi connectivity index (χ4v) is 3.29. The molecular weight excluding hydrogens is 341 g/mol. The Morgan fingerprint density at radius 2 is 1.56 bits per heavy atom. The Labute approximate surface area is 152 Å². The molecule has 0 aliphatic carbocycles. The Bertz CT molecular complexity index is 698. The topological polar surface area (TPSA) is 38.0 Å². The van der Waals surface area contributed by atoms with E-state index in [0.29, 0.717) is 11.6 Å². The fraction of sp³-hybridized carbons (Fsp3) is 0.316. The summed E-state index contributed by atoms with van der Waals surface area (Å²) in [5, 5.41) is 3.57. The van der Waals surface area contributed by atoms with Crippen molar-refractivity contribution in [1.82, 2.24) is 0 Å². The number of piperazine rings is 1. The van der Waals surface area contributed by atoms with E-state index in [9.17, 15) is 9.18 Å². The molecule has 0 unspecified atom stereocenters. The minimum Gasteiger partial charge on any atom is -0.322 e. The second-order valence-electron chi connectivity index (χ2n) is 6.54. The number of hydrogen-bond donors (Lipinski definition) is 3. The summed E-state index contributed by atoms with van der Waals surface area (Å²) in [5.41, 5.74) is 1.93. The van der Waals surface area contributed by atoms with Crippen molar-refractivity contribution >= 4 is 23.2 Å². The molecule has 0 bridgehead atoms. The summed E-state index contributed by atoms with van der Waals surface area (Å²) in [4.78, 5) is 14.9.